The number of hydrogen-bond acceptors (Lipinski definition) is 1. The molecule has 4 heteroatoms. The van der Waals surface area contributed by atoms with Gasteiger partial charge in [0.25, 0.3) is 0 Å². The zero-order valence-electron chi connectivity index (χ0n) is 11.3. The molecule has 0 spiro atoms. The van der Waals surface area contributed by atoms with Gasteiger partial charge in [0.1, 0.15) is 0 Å². The molecule has 1 N–H and O–H groups in total. The van der Waals surface area contributed by atoms with Crippen molar-refractivity contribution in [3.63, 3.8) is 0 Å². The number of hydrogen-bond donors (Lipinski definition) is 1. The van der Waals surface area contributed by atoms with Crippen LogP contribution in [0.15, 0.2) is 12.1 Å². The minimum Gasteiger partial charge on any atom is -0.319 e. The molecule has 3 unspecified atom stereocenters. The Kier molecular flexibility index (Phi) is 4.50. The Bertz CT molecular complexity index is 447. The van der Waals surface area contributed by atoms with Gasteiger partial charge in [0.15, 0.2) is 17.5 Å². The molecular weight excluding hydrogens is 251 g/mol. The minimum absolute atomic E-state index is 0.0358. The third-order valence-electron chi connectivity index (χ3n) is 4.19. The van der Waals surface area contributed by atoms with Crippen molar-refractivity contribution in [2.45, 2.75) is 32.1 Å². The average molecular weight is 271 g/mol. The molecule has 0 amide bonds. The molecule has 0 saturated heterocycles. The molecule has 2 rings (SSSR count). The quantitative estimate of drug-likeness (QED) is 0.824. The Labute approximate surface area is 112 Å². The SMILES string of the molecule is CNCC1CCC(C)CC1c1ccc(F)c(F)c1F. The van der Waals surface area contributed by atoms with E-state index in [1.807, 2.05) is 7.05 Å². The van der Waals surface area contributed by atoms with Gasteiger partial charge in [-0.1, -0.05) is 19.4 Å². The lowest BCUT2D eigenvalue weighted by molar-refractivity contribution is 0.239. The summed E-state index contributed by atoms with van der Waals surface area (Å²) in [5.41, 5.74) is 0.325. The first-order chi connectivity index (χ1) is 9.04. The molecule has 0 heterocycles. The fourth-order valence-electron chi connectivity index (χ4n) is 3.16. The number of rotatable bonds is 3. The summed E-state index contributed by atoms with van der Waals surface area (Å²) in [4.78, 5) is 0. The maximum absolute atomic E-state index is 14.0. The van der Waals surface area contributed by atoms with Crippen LogP contribution in [0, 0.1) is 29.3 Å². The van der Waals surface area contributed by atoms with Crippen molar-refractivity contribution in [2.75, 3.05) is 13.6 Å². The maximum Gasteiger partial charge on any atom is 0.194 e. The number of halogens is 3. The Balaban J connectivity index is 2.33. The summed E-state index contributed by atoms with van der Waals surface area (Å²) in [6.45, 7) is 2.90. The van der Waals surface area contributed by atoms with Gasteiger partial charge in [-0.2, -0.15) is 0 Å². The summed E-state index contributed by atoms with van der Waals surface area (Å²) in [7, 11) is 1.86. The van der Waals surface area contributed by atoms with Crippen molar-refractivity contribution in [3.05, 3.63) is 35.1 Å². The van der Waals surface area contributed by atoms with E-state index in [0.29, 0.717) is 11.5 Å². The van der Waals surface area contributed by atoms with Crippen molar-refractivity contribution >= 4 is 0 Å². The van der Waals surface area contributed by atoms with E-state index < -0.39 is 17.5 Å². The molecule has 0 aliphatic heterocycles. The third-order valence-corrected chi connectivity index (χ3v) is 4.19. The molecule has 0 radical (unpaired) electrons. The Morgan fingerprint density at radius 1 is 1.16 bits per heavy atom. The smallest absolute Gasteiger partial charge is 0.194 e. The van der Waals surface area contributed by atoms with Crippen molar-refractivity contribution in [1.29, 1.82) is 0 Å². The fourth-order valence-corrected chi connectivity index (χ4v) is 3.16. The highest BCUT2D eigenvalue weighted by atomic mass is 19.2. The van der Waals surface area contributed by atoms with Crippen LogP contribution in [0.3, 0.4) is 0 Å². The predicted octanol–water partition coefficient (Wildman–Crippen LogP) is 3.84. The lowest BCUT2D eigenvalue weighted by atomic mass is 9.71. The van der Waals surface area contributed by atoms with Crippen molar-refractivity contribution in [1.82, 2.24) is 5.32 Å². The molecule has 106 valence electrons. The first-order valence-corrected chi connectivity index (χ1v) is 6.82. The van der Waals surface area contributed by atoms with Gasteiger partial charge in [0, 0.05) is 0 Å². The van der Waals surface area contributed by atoms with Gasteiger partial charge in [-0.3, -0.25) is 0 Å². The van der Waals surface area contributed by atoms with Gasteiger partial charge in [-0.05, 0) is 55.8 Å². The summed E-state index contributed by atoms with van der Waals surface area (Å²) in [6.07, 6.45) is 2.92. The summed E-state index contributed by atoms with van der Waals surface area (Å²) >= 11 is 0. The molecule has 0 bridgehead atoms. The number of nitrogens with one attached hydrogen (secondary N) is 1. The lowest BCUT2D eigenvalue weighted by Gasteiger charge is -2.35. The molecule has 1 aromatic rings. The second-order valence-corrected chi connectivity index (χ2v) is 5.61. The summed E-state index contributed by atoms with van der Waals surface area (Å²) in [5, 5.41) is 3.11. The minimum atomic E-state index is -1.35. The van der Waals surface area contributed by atoms with Crippen LogP contribution in [0.4, 0.5) is 13.2 Å². The van der Waals surface area contributed by atoms with Crippen LogP contribution >= 0.6 is 0 Å². The molecule has 19 heavy (non-hydrogen) atoms. The molecule has 1 fully saturated rings. The van der Waals surface area contributed by atoms with E-state index in [4.69, 9.17) is 0 Å². The van der Waals surface area contributed by atoms with Crippen LogP contribution in [0.5, 0.6) is 0 Å². The lowest BCUT2D eigenvalue weighted by Crippen LogP contribution is -2.30. The van der Waals surface area contributed by atoms with Crippen LogP contribution < -0.4 is 5.32 Å². The monoisotopic (exact) mass is 271 g/mol. The predicted molar refractivity (Wildman–Crippen MR) is 69.5 cm³/mol. The molecule has 0 aromatic heterocycles. The zero-order valence-corrected chi connectivity index (χ0v) is 11.3. The molecule has 1 saturated carbocycles. The van der Waals surface area contributed by atoms with E-state index in [0.717, 1.165) is 31.9 Å². The first-order valence-electron chi connectivity index (χ1n) is 6.82. The Hall–Kier alpha value is -1.03. The van der Waals surface area contributed by atoms with Crippen LogP contribution in [-0.4, -0.2) is 13.6 Å². The second-order valence-electron chi connectivity index (χ2n) is 5.61. The van der Waals surface area contributed by atoms with Crippen molar-refractivity contribution in [2.24, 2.45) is 11.8 Å². The van der Waals surface area contributed by atoms with Crippen LogP contribution in [0.1, 0.15) is 37.7 Å². The Morgan fingerprint density at radius 3 is 2.58 bits per heavy atom. The largest absolute Gasteiger partial charge is 0.319 e. The molecule has 1 aliphatic carbocycles. The summed E-state index contributed by atoms with van der Waals surface area (Å²) < 4.78 is 40.4. The first kappa shape index (κ1) is 14.4. The molecule has 1 aliphatic rings. The molecule has 3 atom stereocenters. The van der Waals surface area contributed by atoms with Gasteiger partial charge in [0.2, 0.25) is 0 Å². The average Bonchev–Trinajstić information content (AvgIpc) is 2.39. The molecular formula is C15H20F3N. The molecule has 1 nitrogen and oxygen atoms in total. The zero-order chi connectivity index (χ0) is 14.0. The van der Waals surface area contributed by atoms with E-state index in [-0.39, 0.29) is 11.8 Å². The van der Waals surface area contributed by atoms with Crippen molar-refractivity contribution < 1.29 is 13.2 Å². The van der Waals surface area contributed by atoms with Crippen LogP contribution in [-0.2, 0) is 0 Å². The van der Waals surface area contributed by atoms with E-state index in [1.54, 1.807) is 0 Å². The van der Waals surface area contributed by atoms with E-state index in [2.05, 4.69) is 12.2 Å². The van der Waals surface area contributed by atoms with Gasteiger partial charge in [-0.25, -0.2) is 13.2 Å². The van der Waals surface area contributed by atoms with E-state index in [1.165, 1.54) is 6.07 Å². The normalized spacial score (nSPS) is 27.5. The number of benzene rings is 1. The third kappa shape index (κ3) is 2.94. The topological polar surface area (TPSA) is 12.0 Å². The van der Waals surface area contributed by atoms with Crippen LogP contribution in [0.2, 0.25) is 0 Å². The Morgan fingerprint density at radius 2 is 1.89 bits per heavy atom. The van der Waals surface area contributed by atoms with Crippen molar-refractivity contribution in [3.8, 4) is 0 Å². The highest BCUT2D eigenvalue weighted by molar-refractivity contribution is 5.25. The van der Waals surface area contributed by atoms with E-state index in [9.17, 15) is 13.2 Å². The standard InChI is InChI=1S/C15H20F3N/c1-9-3-4-10(8-19-2)12(7-9)11-5-6-13(16)15(18)14(11)17/h5-6,9-10,12,19H,3-4,7-8H2,1-2H3. The van der Waals surface area contributed by atoms with Crippen LogP contribution in [0.25, 0.3) is 0 Å². The van der Waals surface area contributed by atoms with Gasteiger partial charge < -0.3 is 5.32 Å². The van der Waals surface area contributed by atoms with Gasteiger partial charge >= 0.3 is 0 Å². The maximum atomic E-state index is 14.0. The second kappa shape index (κ2) is 5.95. The highest BCUT2D eigenvalue weighted by Gasteiger charge is 2.32. The van der Waals surface area contributed by atoms with Gasteiger partial charge in [0.05, 0.1) is 0 Å². The summed E-state index contributed by atoms with van der Waals surface area (Å²) in [5.74, 6) is -2.74. The fraction of sp³-hybridized carbons (Fsp3) is 0.600. The van der Waals surface area contributed by atoms with E-state index >= 15 is 0 Å². The molecule has 1 aromatic carbocycles. The highest BCUT2D eigenvalue weighted by Crippen LogP contribution is 2.41. The van der Waals surface area contributed by atoms with Gasteiger partial charge in [-0.15, -0.1) is 0 Å². The summed E-state index contributed by atoms with van der Waals surface area (Å²) in [6, 6.07) is 2.43.